The summed E-state index contributed by atoms with van der Waals surface area (Å²) in [5, 5.41) is 5.77. The third-order valence-electron chi connectivity index (χ3n) is 4.47. The number of benzene rings is 2. The highest BCUT2D eigenvalue weighted by Crippen LogP contribution is 2.46. The van der Waals surface area contributed by atoms with Crippen molar-refractivity contribution >= 4 is 17.5 Å². The molecule has 4 nitrogen and oxygen atoms in total. The maximum Gasteiger partial charge on any atom is 0.240 e. The minimum Gasteiger partial charge on any atom is -0.351 e. The second kappa shape index (κ2) is 6.48. The van der Waals surface area contributed by atoms with Crippen LogP contribution in [0.1, 0.15) is 29.5 Å². The van der Waals surface area contributed by atoms with Crippen molar-refractivity contribution in [2.75, 3.05) is 5.32 Å². The summed E-state index contributed by atoms with van der Waals surface area (Å²) in [6, 6.07) is 15.6. The van der Waals surface area contributed by atoms with E-state index in [1.165, 1.54) is 5.56 Å². The lowest BCUT2D eigenvalue weighted by Crippen LogP contribution is -2.39. The number of carbonyl (C=O) groups is 2. The smallest absolute Gasteiger partial charge is 0.240 e. The van der Waals surface area contributed by atoms with Crippen molar-refractivity contribution < 1.29 is 9.59 Å². The molecule has 0 heterocycles. The maximum absolute atomic E-state index is 12.5. The third kappa shape index (κ3) is 3.48. The van der Waals surface area contributed by atoms with Crippen LogP contribution in [0.3, 0.4) is 0 Å². The van der Waals surface area contributed by atoms with E-state index in [9.17, 15) is 9.59 Å². The molecular formula is C20H22N2O2. The van der Waals surface area contributed by atoms with Crippen LogP contribution in [0, 0.1) is 19.3 Å². The van der Waals surface area contributed by atoms with Crippen molar-refractivity contribution in [3.63, 3.8) is 0 Å². The van der Waals surface area contributed by atoms with Crippen LogP contribution in [-0.2, 0) is 16.1 Å². The summed E-state index contributed by atoms with van der Waals surface area (Å²) in [5.74, 6) is -0.400. The highest BCUT2D eigenvalue weighted by Gasteiger charge is 2.56. The van der Waals surface area contributed by atoms with Gasteiger partial charge in [-0.05, 0) is 49.9 Å². The zero-order valence-corrected chi connectivity index (χ0v) is 14.1. The lowest BCUT2D eigenvalue weighted by molar-refractivity contribution is -0.134. The van der Waals surface area contributed by atoms with Gasteiger partial charge in [-0.2, -0.15) is 0 Å². The first-order chi connectivity index (χ1) is 11.5. The minimum absolute atomic E-state index is 0.187. The molecule has 0 radical (unpaired) electrons. The Labute approximate surface area is 142 Å². The van der Waals surface area contributed by atoms with Gasteiger partial charge in [-0.15, -0.1) is 0 Å². The molecule has 2 amide bonds. The fraction of sp³-hybridized carbons (Fsp3) is 0.300. The van der Waals surface area contributed by atoms with E-state index in [4.69, 9.17) is 0 Å². The molecule has 3 rings (SSSR count). The highest BCUT2D eigenvalue weighted by molar-refractivity contribution is 6.13. The molecule has 0 bridgehead atoms. The van der Waals surface area contributed by atoms with Crippen LogP contribution in [0.15, 0.2) is 48.5 Å². The Bertz CT molecular complexity index is 761. The predicted molar refractivity (Wildman–Crippen MR) is 94.5 cm³/mol. The monoisotopic (exact) mass is 322 g/mol. The standard InChI is InChI=1S/C20H22N2O2/c1-14-6-8-16(9-7-14)13-21-18(23)20(10-11-20)19(24)22-17-5-3-4-15(2)12-17/h3-9,12H,10-11,13H2,1-2H3,(H,21,23)(H,22,24). The van der Waals surface area contributed by atoms with Crippen molar-refractivity contribution in [2.24, 2.45) is 5.41 Å². The van der Waals surface area contributed by atoms with Gasteiger partial charge in [0.05, 0.1) is 0 Å². The fourth-order valence-electron chi connectivity index (χ4n) is 2.71. The van der Waals surface area contributed by atoms with E-state index in [0.29, 0.717) is 19.4 Å². The topological polar surface area (TPSA) is 58.2 Å². The Balaban J connectivity index is 1.61. The fourth-order valence-corrected chi connectivity index (χ4v) is 2.71. The molecule has 0 aromatic heterocycles. The molecule has 0 spiro atoms. The Morgan fingerprint density at radius 3 is 2.29 bits per heavy atom. The second-order valence-corrected chi connectivity index (χ2v) is 6.57. The van der Waals surface area contributed by atoms with Crippen LogP contribution in [0.4, 0.5) is 5.69 Å². The molecule has 0 unspecified atom stereocenters. The molecule has 24 heavy (non-hydrogen) atoms. The number of anilines is 1. The number of carbonyl (C=O) groups excluding carboxylic acids is 2. The van der Waals surface area contributed by atoms with Gasteiger partial charge in [0.15, 0.2) is 0 Å². The zero-order valence-electron chi connectivity index (χ0n) is 14.1. The Kier molecular flexibility index (Phi) is 4.38. The molecule has 2 aromatic rings. The summed E-state index contributed by atoms with van der Waals surface area (Å²) in [5.41, 5.74) is 3.11. The van der Waals surface area contributed by atoms with Crippen LogP contribution in [-0.4, -0.2) is 11.8 Å². The molecule has 4 heteroatoms. The Morgan fingerprint density at radius 1 is 0.958 bits per heavy atom. The average Bonchev–Trinajstić information content (AvgIpc) is 3.36. The van der Waals surface area contributed by atoms with E-state index in [1.807, 2.05) is 62.4 Å². The molecule has 0 atom stereocenters. The summed E-state index contributed by atoms with van der Waals surface area (Å²) in [6.07, 6.45) is 1.20. The Morgan fingerprint density at radius 2 is 1.67 bits per heavy atom. The Hall–Kier alpha value is -2.62. The summed E-state index contributed by atoms with van der Waals surface area (Å²) in [7, 11) is 0. The molecule has 2 aromatic carbocycles. The van der Waals surface area contributed by atoms with E-state index < -0.39 is 5.41 Å². The van der Waals surface area contributed by atoms with Crippen LogP contribution in [0.25, 0.3) is 0 Å². The number of nitrogens with one attached hydrogen (secondary N) is 2. The van der Waals surface area contributed by atoms with Gasteiger partial charge in [0.1, 0.15) is 5.41 Å². The van der Waals surface area contributed by atoms with Gasteiger partial charge in [0, 0.05) is 12.2 Å². The molecule has 1 aliphatic carbocycles. The lowest BCUT2D eigenvalue weighted by atomic mass is 10.0. The molecule has 0 aliphatic heterocycles. The summed E-state index contributed by atoms with van der Waals surface area (Å²) >= 11 is 0. The van der Waals surface area contributed by atoms with Crippen molar-refractivity contribution in [1.29, 1.82) is 0 Å². The molecule has 1 fully saturated rings. The van der Waals surface area contributed by atoms with Crippen LogP contribution in [0.5, 0.6) is 0 Å². The first-order valence-electron chi connectivity index (χ1n) is 8.22. The van der Waals surface area contributed by atoms with Crippen molar-refractivity contribution in [2.45, 2.75) is 33.2 Å². The van der Waals surface area contributed by atoms with E-state index in [1.54, 1.807) is 0 Å². The average molecular weight is 322 g/mol. The minimum atomic E-state index is -0.908. The number of aryl methyl sites for hydroxylation is 2. The molecule has 1 aliphatic rings. The van der Waals surface area contributed by atoms with Crippen LogP contribution < -0.4 is 10.6 Å². The van der Waals surface area contributed by atoms with Crippen molar-refractivity contribution in [3.05, 3.63) is 65.2 Å². The SMILES string of the molecule is Cc1ccc(CNC(=O)C2(C(=O)Nc3cccc(C)c3)CC2)cc1. The number of hydrogen-bond acceptors (Lipinski definition) is 2. The van der Waals surface area contributed by atoms with Gasteiger partial charge in [-0.25, -0.2) is 0 Å². The van der Waals surface area contributed by atoms with E-state index in [0.717, 1.165) is 16.8 Å². The van der Waals surface area contributed by atoms with Gasteiger partial charge in [0.2, 0.25) is 11.8 Å². The quantitative estimate of drug-likeness (QED) is 0.830. The van der Waals surface area contributed by atoms with Gasteiger partial charge >= 0.3 is 0 Å². The molecular weight excluding hydrogens is 300 g/mol. The normalized spacial score (nSPS) is 14.8. The molecule has 2 N–H and O–H groups in total. The van der Waals surface area contributed by atoms with Gasteiger partial charge < -0.3 is 10.6 Å². The van der Waals surface area contributed by atoms with Gasteiger partial charge in [0.25, 0.3) is 0 Å². The molecule has 0 saturated heterocycles. The van der Waals surface area contributed by atoms with Gasteiger partial charge in [-0.1, -0.05) is 42.0 Å². The van der Waals surface area contributed by atoms with Crippen LogP contribution in [0.2, 0.25) is 0 Å². The number of hydrogen-bond donors (Lipinski definition) is 2. The summed E-state index contributed by atoms with van der Waals surface area (Å²) in [6.45, 7) is 4.44. The first kappa shape index (κ1) is 16.2. The van der Waals surface area contributed by atoms with Crippen LogP contribution >= 0.6 is 0 Å². The first-order valence-corrected chi connectivity index (χ1v) is 8.22. The number of rotatable bonds is 5. The van der Waals surface area contributed by atoms with Crippen molar-refractivity contribution in [3.8, 4) is 0 Å². The molecule has 124 valence electrons. The summed E-state index contributed by atoms with van der Waals surface area (Å²) in [4.78, 5) is 25.0. The molecule has 1 saturated carbocycles. The van der Waals surface area contributed by atoms with E-state index in [-0.39, 0.29) is 11.8 Å². The largest absolute Gasteiger partial charge is 0.351 e. The van der Waals surface area contributed by atoms with Gasteiger partial charge in [-0.3, -0.25) is 9.59 Å². The predicted octanol–water partition coefficient (Wildman–Crippen LogP) is 3.34. The van der Waals surface area contributed by atoms with Crippen molar-refractivity contribution in [1.82, 2.24) is 5.32 Å². The zero-order chi connectivity index (χ0) is 17.2. The highest BCUT2D eigenvalue weighted by atomic mass is 16.2. The van der Waals surface area contributed by atoms with E-state index >= 15 is 0 Å². The van der Waals surface area contributed by atoms with E-state index in [2.05, 4.69) is 10.6 Å². The lowest BCUT2D eigenvalue weighted by Gasteiger charge is -2.16. The summed E-state index contributed by atoms with van der Waals surface area (Å²) < 4.78 is 0. The second-order valence-electron chi connectivity index (χ2n) is 6.57. The maximum atomic E-state index is 12.5. The number of amides is 2. The third-order valence-corrected chi connectivity index (χ3v) is 4.47.